The minimum Gasteiger partial charge on any atom is -0.508 e. The largest absolute Gasteiger partial charge is 0.508 e. The van der Waals surface area contributed by atoms with Gasteiger partial charge in [-0.05, 0) is 25.3 Å². The summed E-state index contributed by atoms with van der Waals surface area (Å²) in [6.07, 6.45) is 3.38. The molecule has 0 aliphatic heterocycles. The van der Waals surface area contributed by atoms with Crippen molar-refractivity contribution in [3.8, 4) is 5.75 Å². The number of phenols is 1. The Morgan fingerprint density at radius 3 is 2.17 bits per heavy atom. The number of rotatable bonds is 7. The molecule has 2 atom stereocenters. The molecule has 0 bridgehead atoms. The molecule has 1 rings (SSSR count). The van der Waals surface area contributed by atoms with E-state index in [1.807, 2.05) is 18.2 Å². The van der Waals surface area contributed by atoms with Crippen molar-refractivity contribution in [2.24, 2.45) is 5.92 Å². The molecule has 0 heterocycles. The van der Waals surface area contributed by atoms with Crippen LogP contribution < -0.4 is 5.32 Å². The summed E-state index contributed by atoms with van der Waals surface area (Å²) >= 11 is 0. The molecule has 0 radical (unpaired) electrons. The highest BCUT2D eigenvalue weighted by atomic mass is 16.3. The Labute approximate surface area is 111 Å². The average molecular weight is 249 g/mol. The van der Waals surface area contributed by atoms with Crippen LogP contribution in [-0.2, 0) is 0 Å². The Hall–Kier alpha value is -1.02. The van der Waals surface area contributed by atoms with E-state index in [0.29, 0.717) is 17.7 Å². The van der Waals surface area contributed by atoms with E-state index in [4.69, 9.17) is 0 Å². The lowest BCUT2D eigenvalue weighted by molar-refractivity contribution is 0.315. The van der Waals surface area contributed by atoms with Crippen molar-refractivity contribution in [1.82, 2.24) is 5.32 Å². The van der Waals surface area contributed by atoms with Crippen LogP contribution in [0, 0.1) is 5.92 Å². The van der Waals surface area contributed by atoms with Gasteiger partial charge < -0.3 is 10.4 Å². The second-order valence-corrected chi connectivity index (χ2v) is 5.05. The first kappa shape index (κ1) is 15.0. The Morgan fingerprint density at radius 2 is 1.67 bits per heavy atom. The summed E-state index contributed by atoms with van der Waals surface area (Å²) in [5.41, 5.74) is 1.01. The molecule has 0 aliphatic carbocycles. The van der Waals surface area contributed by atoms with Crippen LogP contribution in [0.1, 0.15) is 58.6 Å². The minimum absolute atomic E-state index is 0.238. The third-order valence-corrected chi connectivity index (χ3v) is 3.94. The summed E-state index contributed by atoms with van der Waals surface area (Å²) in [6.45, 7) is 8.89. The summed E-state index contributed by atoms with van der Waals surface area (Å²) in [7, 11) is 0. The van der Waals surface area contributed by atoms with Crippen molar-refractivity contribution < 1.29 is 5.11 Å². The van der Waals surface area contributed by atoms with Gasteiger partial charge >= 0.3 is 0 Å². The normalized spacial score (nSPS) is 14.7. The SMILES string of the molecule is CCC(NC(C)C(CC)CC)c1ccccc1O. The summed E-state index contributed by atoms with van der Waals surface area (Å²) in [5.74, 6) is 1.10. The number of hydrogen-bond donors (Lipinski definition) is 2. The fourth-order valence-electron chi connectivity index (χ4n) is 2.66. The van der Waals surface area contributed by atoms with Gasteiger partial charge in [-0.25, -0.2) is 0 Å². The zero-order valence-electron chi connectivity index (χ0n) is 12.1. The Bertz CT molecular complexity index is 347. The number of benzene rings is 1. The van der Waals surface area contributed by atoms with Crippen LogP contribution in [-0.4, -0.2) is 11.1 Å². The first-order chi connectivity index (χ1) is 8.63. The van der Waals surface area contributed by atoms with Crippen LogP contribution in [0.2, 0.25) is 0 Å². The van der Waals surface area contributed by atoms with E-state index in [1.165, 1.54) is 12.8 Å². The first-order valence-corrected chi connectivity index (χ1v) is 7.17. The lowest BCUT2D eigenvalue weighted by atomic mass is 9.93. The van der Waals surface area contributed by atoms with Crippen molar-refractivity contribution in [3.05, 3.63) is 29.8 Å². The van der Waals surface area contributed by atoms with Gasteiger partial charge in [0, 0.05) is 17.6 Å². The molecule has 2 nitrogen and oxygen atoms in total. The Balaban J connectivity index is 2.76. The molecule has 1 aromatic rings. The van der Waals surface area contributed by atoms with Crippen molar-refractivity contribution >= 4 is 0 Å². The van der Waals surface area contributed by atoms with Crippen LogP contribution in [0.25, 0.3) is 0 Å². The van der Waals surface area contributed by atoms with Crippen LogP contribution in [0.3, 0.4) is 0 Å². The van der Waals surface area contributed by atoms with Gasteiger partial charge in [0.2, 0.25) is 0 Å². The molecule has 0 amide bonds. The molecule has 102 valence electrons. The van der Waals surface area contributed by atoms with E-state index in [1.54, 1.807) is 6.07 Å². The molecule has 0 aromatic heterocycles. The molecule has 0 fully saturated rings. The fraction of sp³-hybridized carbons (Fsp3) is 0.625. The van der Waals surface area contributed by atoms with Crippen LogP contribution in [0.5, 0.6) is 5.75 Å². The van der Waals surface area contributed by atoms with Crippen molar-refractivity contribution in [2.75, 3.05) is 0 Å². The van der Waals surface area contributed by atoms with Gasteiger partial charge in [-0.1, -0.05) is 51.8 Å². The third-order valence-electron chi connectivity index (χ3n) is 3.94. The number of para-hydroxylation sites is 1. The molecule has 18 heavy (non-hydrogen) atoms. The highest BCUT2D eigenvalue weighted by Gasteiger charge is 2.19. The maximum absolute atomic E-state index is 9.94. The zero-order chi connectivity index (χ0) is 13.5. The van der Waals surface area contributed by atoms with Gasteiger partial charge in [0.25, 0.3) is 0 Å². The maximum atomic E-state index is 9.94. The van der Waals surface area contributed by atoms with Gasteiger partial charge in [0.15, 0.2) is 0 Å². The maximum Gasteiger partial charge on any atom is 0.120 e. The molecule has 2 heteroatoms. The van der Waals surface area contributed by atoms with Crippen LogP contribution in [0.4, 0.5) is 0 Å². The van der Waals surface area contributed by atoms with Crippen molar-refractivity contribution in [1.29, 1.82) is 0 Å². The molecule has 0 saturated carbocycles. The van der Waals surface area contributed by atoms with E-state index in [9.17, 15) is 5.11 Å². The number of hydrogen-bond acceptors (Lipinski definition) is 2. The lowest BCUT2D eigenvalue weighted by Crippen LogP contribution is -2.35. The van der Waals surface area contributed by atoms with Crippen molar-refractivity contribution in [2.45, 2.75) is 59.0 Å². The van der Waals surface area contributed by atoms with Gasteiger partial charge in [0.05, 0.1) is 0 Å². The third kappa shape index (κ3) is 3.74. The van der Waals surface area contributed by atoms with Crippen LogP contribution in [0.15, 0.2) is 24.3 Å². The van der Waals surface area contributed by atoms with Gasteiger partial charge in [-0.15, -0.1) is 0 Å². The number of nitrogens with one attached hydrogen (secondary N) is 1. The molecule has 2 N–H and O–H groups in total. The fourth-order valence-corrected chi connectivity index (χ4v) is 2.66. The highest BCUT2D eigenvalue weighted by Crippen LogP contribution is 2.27. The van der Waals surface area contributed by atoms with Crippen LogP contribution >= 0.6 is 0 Å². The monoisotopic (exact) mass is 249 g/mol. The Kier molecular flexibility index (Phi) is 6.20. The van der Waals surface area contributed by atoms with E-state index < -0.39 is 0 Å². The average Bonchev–Trinajstić information content (AvgIpc) is 2.38. The smallest absolute Gasteiger partial charge is 0.120 e. The standard InChI is InChI=1S/C16H27NO/c1-5-13(6-2)12(4)17-15(7-3)14-10-8-9-11-16(14)18/h8-13,15,17-18H,5-7H2,1-4H3. The summed E-state index contributed by atoms with van der Waals surface area (Å²) in [6, 6.07) is 8.35. The molecular weight excluding hydrogens is 222 g/mol. The first-order valence-electron chi connectivity index (χ1n) is 7.17. The quantitative estimate of drug-likeness (QED) is 0.757. The molecule has 0 spiro atoms. The van der Waals surface area contributed by atoms with Gasteiger partial charge in [0.1, 0.15) is 5.75 Å². The number of aromatic hydroxyl groups is 1. The van der Waals surface area contributed by atoms with E-state index in [-0.39, 0.29) is 6.04 Å². The molecule has 2 unspecified atom stereocenters. The Morgan fingerprint density at radius 1 is 1.06 bits per heavy atom. The molecular formula is C16H27NO. The lowest BCUT2D eigenvalue weighted by Gasteiger charge is -2.28. The molecule has 1 aromatic carbocycles. The summed E-state index contributed by atoms with van der Waals surface area (Å²) in [5, 5.41) is 13.6. The predicted octanol–water partition coefficient (Wildman–Crippen LogP) is 4.26. The van der Waals surface area contributed by atoms with Crippen molar-refractivity contribution in [3.63, 3.8) is 0 Å². The van der Waals surface area contributed by atoms with Gasteiger partial charge in [-0.3, -0.25) is 0 Å². The molecule has 0 saturated heterocycles. The minimum atomic E-state index is 0.238. The van der Waals surface area contributed by atoms with E-state index in [0.717, 1.165) is 12.0 Å². The predicted molar refractivity (Wildman–Crippen MR) is 77.8 cm³/mol. The van der Waals surface area contributed by atoms with E-state index >= 15 is 0 Å². The summed E-state index contributed by atoms with van der Waals surface area (Å²) < 4.78 is 0. The van der Waals surface area contributed by atoms with Gasteiger partial charge in [-0.2, -0.15) is 0 Å². The summed E-state index contributed by atoms with van der Waals surface area (Å²) in [4.78, 5) is 0. The van der Waals surface area contributed by atoms with E-state index in [2.05, 4.69) is 33.0 Å². The second-order valence-electron chi connectivity index (χ2n) is 5.05. The zero-order valence-corrected chi connectivity index (χ0v) is 12.1. The highest BCUT2D eigenvalue weighted by molar-refractivity contribution is 5.34. The number of phenolic OH excluding ortho intramolecular Hbond substituents is 1. The molecule has 0 aliphatic rings. The topological polar surface area (TPSA) is 32.3 Å². The second kappa shape index (κ2) is 7.42.